The molecule has 2 aromatic rings. The van der Waals surface area contributed by atoms with Gasteiger partial charge in [0.15, 0.2) is 5.96 Å². The first-order valence-corrected chi connectivity index (χ1v) is 10.6. The number of nitrogens with zero attached hydrogens (tertiary/aromatic N) is 2. The highest BCUT2D eigenvalue weighted by Crippen LogP contribution is 2.22. The van der Waals surface area contributed by atoms with Gasteiger partial charge in [-0.3, -0.25) is 0 Å². The molecular formula is C24H30FIN4O2. The highest BCUT2D eigenvalue weighted by Gasteiger charge is 2.17. The van der Waals surface area contributed by atoms with Gasteiger partial charge in [0, 0.05) is 36.7 Å². The van der Waals surface area contributed by atoms with Gasteiger partial charge in [0.25, 0.3) is 0 Å². The van der Waals surface area contributed by atoms with Crippen molar-refractivity contribution in [2.45, 2.75) is 33.4 Å². The van der Waals surface area contributed by atoms with Crippen molar-refractivity contribution in [3.8, 4) is 11.8 Å². The van der Waals surface area contributed by atoms with E-state index < -0.39 is 0 Å². The molecular weight excluding hydrogens is 522 g/mol. The molecule has 0 saturated carbocycles. The van der Waals surface area contributed by atoms with Crippen molar-refractivity contribution in [3.05, 3.63) is 64.5 Å². The lowest BCUT2D eigenvalue weighted by atomic mass is 10.1. The summed E-state index contributed by atoms with van der Waals surface area (Å²) in [5.41, 5.74) is 2.95. The average molecular weight is 552 g/mol. The van der Waals surface area contributed by atoms with Gasteiger partial charge in [0.05, 0.1) is 31.4 Å². The van der Waals surface area contributed by atoms with Crippen LogP contribution in [0.25, 0.3) is 0 Å². The minimum absolute atomic E-state index is 0. The van der Waals surface area contributed by atoms with Crippen molar-refractivity contribution in [1.82, 2.24) is 10.6 Å². The standard InChI is InChI=1S/C24H29FN4O2.HI/c1-3-27-24(29-14-21-11-18(12-26)5-7-22(21)25)28-13-20-6-4-17(2)10-23(20)31-16-19-8-9-30-15-19;/h4-7,10-11,19H,3,8-9,13-16H2,1-2H3,(H2,27,28,29);1H. The van der Waals surface area contributed by atoms with E-state index in [1.807, 2.05) is 32.0 Å². The highest BCUT2D eigenvalue weighted by atomic mass is 127. The Kier molecular flexibility index (Phi) is 10.7. The SMILES string of the molecule is CCNC(=NCc1cc(C#N)ccc1F)NCc1ccc(C)cc1OCC1CCOC1.I. The Morgan fingerprint density at radius 2 is 2.09 bits per heavy atom. The molecule has 0 amide bonds. The Morgan fingerprint density at radius 3 is 2.81 bits per heavy atom. The van der Waals surface area contributed by atoms with E-state index in [2.05, 4.69) is 21.7 Å². The van der Waals surface area contributed by atoms with E-state index in [0.717, 1.165) is 36.5 Å². The summed E-state index contributed by atoms with van der Waals surface area (Å²) in [7, 11) is 0. The number of aryl methyl sites for hydroxylation is 1. The molecule has 6 nitrogen and oxygen atoms in total. The summed E-state index contributed by atoms with van der Waals surface area (Å²) in [6.07, 6.45) is 1.03. The maximum Gasteiger partial charge on any atom is 0.191 e. The Hall–Kier alpha value is -2.38. The first kappa shape index (κ1) is 25.9. The summed E-state index contributed by atoms with van der Waals surface area (Å²) in [5.74, 6) is 1.48. The predicted molar refractivity (Wildman–Crippen MR) is 134 cm³/mol. The molecule has 1 fully saturated rings. The lowest BCUT2D eigenvalue weighted by Crippen LogP contribution is -2.37. The molecule has 0 aromatic heterocycles. The van der Waals surface area contributed by atoms with E-state index in [4.69, 9.17) is 14.7 Å². The number of halogens is 2. The van der Waals surface area contributed by atoms with Crippen LogP contribution in [-0.4, -0.2) is 32.3 Å². The summed E-state index contributed by atoms with van der Waals surface area (Å²) >= 11 is 0. The van der Waals surface area contributed by atoms with Crippen LogP contribution in [0.3, 0.4) is 0 Å². The molecule has 2 N–H and O–H groups in total. The number of nitrogens with one attached hydrogen (secondary N) is 2. The molecule has 0 aliphatic carbocycles. The molecule has 1 heterocycles. The van der Waals surface area contributed by atoms with Crippen molar-refractivity contribution in [3.63, 3.8) is 0 Å². The number of ether oxygens (including phenoxy) is 2. The number of nitriles is 1. The van der Waals surface area contributed by atoms with Crippen LogP contribution in [0, 0.1) is 30.0 Å². The minimum Gasteiger partial charge on any atom is -0.493 e. The summed E-state index contributed by atoms with van der Waals surface area (Å²) in [5, 5.41) is 15.5. The van der Waals surface area contributed by atoms with Crippen molar-refractivity contribution >= 4 is 29.9 Å². The maximum absolute atomic E-state index is 14.1. The zero-order valence-corrected chi connectivity index (χ0v) is 20.8. The third-order valence-corrected chi connectivity index (χ3v) is 5.09. The summed E-state index contributed by atoms with van der Waals surface area (Å²) < 4.78 is 25.6. The quantitative estimate of drug-likeness (QED) is 0.290. The summed E-state index contributed by atoms with van der Waals surface area (Å²) in [4.78, 5) is 4.48. The van der Waals surface area contributed by atoms with Crippen molar-refractivity contribution in [1.29, 1.82) is 5.26 Å². The van der Waals surface area contributed by atoms with E-state index >= 15 is 0 Å². The topological polar surface area (TPSA) is 78.7 Å². The van der Waals surface area contributed by atoms with Crippen LogP contribution in [0.15, 0.2) is 41.4 Å². The highest BCUT2D eigenvalue weighted by molar-refractivity contribution is 14.0. The maximum atomic E-state index is 14.1. The van der Waals surface area contributed by atoms with Crippen LogP contribution in [0.5, 0.6) is 5.75 Å². The van der Waals surface area contributed by atoms with Crippen molar-refractivity contribution in [2.24, 2.45) is 10.9 Å². The molecule has 2 aromatic carbocycles. The third kappa shape index (κ3) is 7.64. The molecule has 3 rings (SSSR count). The molecule has 0 radical (unpaired) electrons. The van der Waals surface area contributed by atoms with Crippen molar-refractivity contribution < 1.29 is 13.9 Å². The first-order chi connectivity index (χ1) is 15.1. The molecule has 1 unspecified atom stereocenters. The Balaban J connectivity index is 0.00000363. The van der Waals surface area contributed by atoms with Crippen LogP contribution >= 0.6 is 24.0 Å². The zero-order valence-electron chi connectivity index (χ0n) is 18.5. The molecule has 1 atom stereocenters. The number of aliphatic imine (C=N–C) groups is 1. The van der Waals surface area contributed by atoms with Gasteiger partial charge in [-0.15, -0.1) is 24.0 Å². The third-order valence-electron chi connectivity index (χ3n) is 5.09. The Bertz CT molecular complexity index is 956. The van der Waals surface area contributed by atoms with E-state index in [1.165, 1.54) is 18.2 Å². The Morgan fingerprint density at radius 1 is 1.25 bits per heavy atom. The zero-order chi connectivity index (χ0) is 22.1. The van der Waals surface area contributed by atoms with Gasteiger partial charge < -0.3 is 20.1 Å². The molecule has 0 spiro atoms. The number of guanidine groups is 1. The molecule has 8 heteroatoms. The van der Waals surface area contributed by atoms with Crippen LogP contribution in [-0.2, 0) is 17.8 Å². The number of benzene rings is 2. The van der Waals surface area contributed by atoms with Crippen LogP contribution in [0.1, 0.15) is 35.6 Å². The van der Waals surface area contributed by atoms with E-state index in [-0.39, 0.29) is 36.3 Å². The van der Waals surface area contributed by atoms with Gasteiger partial charge >= 0.3 is 0 Å². The van der Waals surface area contributed by atoms with E-state index in [0.29, 0.717) is 42.7 Å². The lowest BCUT2D eigenvalue weighted by Gasteiger charge is -2.17. The molecule has 1 aliphatic rings. The van der Waals surface area contributed by atoms with E-state index in [1.54, 1.807) is 0 Å². The second-order valence-corrected chi connectivity index (χ2v) is 7.62. The lowest BCUT2D eigenvalue weighted by molar-refractivity contribution is 0.166. The fourth-order valence-corrected chi connectivity index (χ4v) is 3.31. The predicted octanol–water partition coefficient (Wildman–Crippen LogP) is 4.29. The smallest absolute Gasteiger partial charge is 0.191 e. The molecule has 172 valence electrons. The number of rotatable bonds is 8. The first-order valence-electron chi connectivity index (χ1n) is 10.6. The summed E-state index contributed by atoms with van der Waals surface area (Å²) in [6, 6.07) is 12.5. The number of hydrogen-bond acceptors (Lipinski definition) is 4. The van der Waals surface area contributed by atoms with Gasteiger partial charge in [0.1, 0.15) is 11.6 Å². The van der Waals surface area contributed by atoms with Gasteiger partial charge in [0.2, 0.25) is 0 Å². The summed E-state index contributed by atoms with van der Waals surface area (Å²) in [6.45, 7) is 7.52. The van der Waals surface area contributed by atoms with Gasteiger partial charge in [-0.25, -0.2) is 9.38 Å². The average Bonchev–Trinajstić information content (AvgIpc) is 3.29. The van der Waals surface area contributed by atoms with Crippen molar-refractivity contribution in [2.75, 3.05) is 26.4 Å². The van der Waals surface area contributed by atoms with Gasteiger partial charge in [-0.05, 0) is 50.1 Å². The fraction of sp³-hybridized carbons (Fsp3) is 0.417. The normalized spacial score (nSPS) is 15.6. The molecule has 1 saturated heterocycles. The van der Waals surface area contributed by atoms with Crippen LogP contribution in [0.2, 0.25) is 0 Å². The van der Waals surface area contributed by atoms with Crippen LogP contribution in [0.4, 0.5) is 4.39 Å². The minimum atomic E-state index is -0.372. The second kappa shape index (κ2) is 13.2. The van der Waals surface area contributed by atoms with Gasteiger partial charge in [-0.2, -0.15) is 5.26 Å². The number of hydrogen-bond donors (Lipinski definition) is 2. The van der Waals surface area contributed by atoms with E-state index in [9.17, 15) is 4.39 Å². The molecule has 0 bridgehead atoms. The monoisotopic (exact) mass is 552 g/mol. The largest absolute Gasteiger partial charge is 0.493 e. The molecule has 1 aliphatic heterocycles. The second-order valence-electron chi connectivity index (χ2n) is 7.62. The van der Waals surface area contributed by atoms with Gasteiger partial charge in [-0.1, -0.05) is 12.1 Å². The molecule has 32 heavy (non-hydrogen) atoms. The Labute approximate surface area is 206 Å². The van der Waals surface area contributed by atoms with Crippen LogP contribution < -0.4 is 15.4 Å². The fourth-order valence-electron chi connectivity index (χ4n) is 3.31.